The summed E-state index contributed by atoms with van der Waals surface area (Å²) in [5.41, 5.74) is 2.41. The van der Waals surface area contributed by atoms with Crippen molar-refractivity contribution in [3.8, 4) is 0 Å². The van der Waals surface area contributed by atoms with Crippen LogP contribution in [0, 0.1) is 12.7 Å². The van der Waals surface area contributed by atoms with E-state index in [4.69, 9.17) is 0 Å². The van der Waals surface area contributed by atoms with Gasteiger partial charge in [0.05, 0.1) is 10.4 Å². The van der Waals surface area contributed by atoms with E-state index in [-0.39, 0.29) is 4.90 Å². The van der Waals surface area contributed by atoms with Gasteiger partial charge in [0.25, 0.3) is 10.0 Å². The van der Waals surface area contributed by atoms with Crippen LogP contribution < -0.4 is 0 Å². The third kappa shape index (κ3) is 3.34. The van der Waals surface area contributed by atoms with E-state index < -0.39 is 15.8 Å². The van der Waals surface area contributed by atoms with E-state index in [0.717, 1.165) is 37.1 Å². The summed E-state index contributed by atoms with van der Waals surface area (Å²) in [7, 11) is -1.70. The van der Waals surface area contributed by atoms with Gasteiger partial charge in [-0.15, -0.1) is 0 Å². The number of para-hydroxylation sites is 1. The second kappa shape index (κ2) is 7.31. The molecule has 3 aromatic rings. The van der Waals surface area contributed by atoms with Gasteiger partial charge in [0.2, 0.25) is 0 Å². The van der Waals surface area contributed by atoms with Crippen molar-refractivity contribution in [3.05, 3.63) is 65.6 Å². The van der Waals surface area contributed by atoms with Crippen LogP contribution >= 0.6 is 0 Å². The van der Waals surface area contributed by atoms with Crippen molar-refractivity contribution in [2.24, 2.45) is 0 Å². The molecule has 0 unspecified atom stereocenters. The summed E-state index contributed by atoms with van der Waals surface area (Å²) in [6.07, 6.45) is 0. The largest absolute Gasteiger partial charge is 0.304 e. The van der Waals surface area contributed by atoms with Gasteiger partial charge in [-0.25, -0.2) is 16.8 Å². The first kappa shape index (κ1) is 19.1. The van der Waals surface area contributed by atoms with Crippen LogP contribution in [-0.4, -0.2) is 55.4 Å². The first-order valence-electron chi connectivity index (χ1n) is 9.39. The summed E-state index contributed by atoms with van der Waals surface area (Å²) < 4.78 is 41.4. The van der Waals surface area contributed by atoms with Gasteiger partial charge in [-0.1, -0.05) is 18.2 Å². The third-order valence-corrected chi connectivity index (χ3v) is 7.34. The molecule has 5 nitrogen and oxygen atoms in total. The second-order valence-electron chi connectivity index (χ2n) is 7.38. The molecule has 7 heteroatoms. The zero-order valence-corrected chi connectivity index (χ0v) is 16.9. The highest BCUT2D eigenvalue weighted by atomic mass is 32.2. The van der Waals surface area contributed by atoms with Gasteiger partial charge in [-0.3, -0.25) is 4.90 Å². The molecule has 1 fully saturated rings. The SMILES string of the molecule is Cc1c(CN2CCN(C)CC2)c2ccccc2n1S(=O)(=O)c1ccc(F)cc1. The smallest absolute Gasteiger partial charge is 0.268 e. The fourth-order valence-electron chi connectivity index (χ4n) is 3.85. The number of likely N-dealkylation sites (N-methyl/N-ethyl adjacent to an activating group) is 1. The third-order valence-electron chi connectivity index (χ3n) is 5.52. The van der Waals surface area contributed by atoms with Gasteiger partial charge in [0, 0.05) is 43.8 Å². The minimum absolute atomic E-state index is 0.0869. The van der Waals surface area contributed by atoms with Crippen molar-refractivity contribution in [1.82, 2.24) is 13.8 Å². The predicted octanol–water partition coefficient (Wildman–Crippen LogP) is 3.07. The number of benzene rings is 2. The Bertz CT molecular complexity index is 1100. The van der Waals surface area contributed by atoms with Gasteiger partial charge in [-0.05, 0) is 49.9 Å². The molecule has 0 amide bonds. The zero-order valence-electron chi connectivity index (χ0n) is 16.1. The Morgan fingerprint density at radius 2 is 1.61 bits per heavy atom. The lowest BCUT2D eigenvalue weighted by atomic mass is 10.1. The molecule has 0 aliphatic carbocycles. The fraction of sp³-hybridized carbons (Fsp3) is 0.333. The summed E-state index contributed by atoms with van der Waals surface area (Å²) in [4.78, 5) is 4.75. The van der Waals surface area contributed by atoms with Crippen LogP contribution in [0.15, 0.2) is 53.4 Å². The van der Waals surface area contributed by atoms with Gasteiger partial charge < -0.3 is 4.90 Å². The van der Waals surface area contributed by atoms with Crippen molar-refractivity contribution in [2.45, 2.75) is 18.4 Å². The monoisotopic (exact) mass is 401 g/mol. The number of aromatic nitrogens is 1. The number of halogens is 1. The lowest BCUT2D eigenvalue weighted by molar-refractivity contribution is 0.148. The Morgan fingerprint density at radius 1 is 0.964 bits per heavy atom. The molecule has 1 aromatic heterocycles. The topological polar surface area (TPSA) is 45.5 Å². The Kier molecular flexibility index (Phi) is 4.99. The van der Waals surface area contributed by atoms with Crippen molar-refractivity contribution >= 4 is 20.9 Å². The van der Waals surface area contributed by atoms with Crippen LogP contribution in [0.4, 0.5) is 4.39 Å². The summed E-state index contributed by atoms with van der Waals surface area (Å²) in [5.74, 6) is -0.455. The first-order valence-corrected chi connectivity index (χ1v) is 10.8. The van der Waals surface area contributed by atoms with E-state index in [2.05, 4.69) is 16.8 Å². The maximum Gasteiger partial charge on any atom is 0.268 e. The molecule has 1 aliphatic rings. The van der Waals surface area contributed by atoms with Crippen LogP contribution in [0.5, 0.6) is 0 Å². The molecule has 2 aromatic carbocycles. The summed E-state index contributed by atoms with van der Waals surface area (Å²) in [6, 6.07) is 12.6. The number of fused-ring (bicyclic) bond motifs is 1. The molecule has 1 saturated heterocycles. The second-order valence-corrected chi connectivity index (χ2v) is 9.17. The van der Waals surface area contributed by atoms with Crippen molar-refractivity contribution < 1.29 is 12.8 Å². The number of piperazine rings is 1. The van der Waals surface area contributed by atoms with E-state index in [1.807, 2.05) is 31.2 Å². The van der Waals surface area contributed by atoms with Crippen LogP contribution in [-0.2, 0) is 16.6 Å². The van der Waals surface area contributed by atoms with Gasteiger partial charge in [0.1, 0.15) is 5.82 Å². The average Bonchev–Trinajstić information content (AvgIpc) is 2.96. The van der Waals surface area contributed by atoms with E-state index >= 15 is 0 Å². The molecule has 1 aliphatic heterocycles. The van der Waals surface area contributed by atoms with Crippen LogP contribution in [0.1, 0.15) is 11.3 Å². The molecule has 148 valence electrons. The highest BCUT2D eigenvalue weighted by Crippen LogP contribution is 2.31. The van der Waals surface area contributed by atoms with E-state index in [0.29, 0.717) is 17.8 Å². The normalized spacial score (nSPS) is 16.7. The highest BCUT2D eigenvalue weighted by Gasteiger charge is 2.26. The van der Waals surface area contributed by atoms with Gasteiger partial charge >= 0.3 is 0 Å². The summed E-state index contributed by atoms with van der Waals surface area (Å²) in [5, 5.41) is 0.949. The Morgan fingerprint density at radius 3 is 2.29 bits per heavy atom. The molecular formula is C21H24FN3O2S. The van der Waals surface area contributed by atoms with E-state index in [1.165, 1.54) is 28.2 Å². The predicted molar refractivity (Wildman–Crippen MR) is 108 cm³/mol. The number of hydrogen-bond acceptors (Lipinski definition) is 4. The molecular weight excluding hydrogens is 377 g/mol. The quantitative estimate of drug-likeness (QED) is 0.674. The summed E-state index contributed by atoms with van der Waals surface area (Å²) >= 11 is 0. The average molecular weight is 402 g/mol. The summed E-state index contributed by atoms with van der Waals surface area (Å²) in [6.45, 7) is 6.50. The van der Waals surface area contributed by atoms with Crippen molar-refractivity contribution in [3.63, 3.8) is 0 Å². The molecule has 4 rings (SSSR count). The van der Waals surface area contributed by atoms with E-state index in [9.17, 15) is 12.8 Å². The van der Waals surface area contributed by atoms with Crippen molar-refractivity contribution in [2.75, 3.05) is 33.2 Å². The van der Waals surface area contributed by atoms with Crippen LogP contribution in [0.25, 0.3) is 10.9 Å². The highest BCUT2D eigenvalue weighted by molar-refractivity contribution is 7.90. The molecule has 0 bridgehead atoms. The zero-order chi connectivity index (χ0) is 19.9. The molecule has 0 atom stereocenters. The van der Waals surface area contributed by atoms with Gasteiger partial charge in [-0.2, -0.15) is 0 Å². The Balaban J connectivity index is 1.81. The maximum absolute atomic E-state index is 13.3. The lowest BCUT2D eigenvalue weighted by Crippen LogP contribution is -2.43. The standard InChI is InChI=1S/C21H24FN3O2S/c1-16-20(15-24-13-11-23(2)12-14-24)19-5-3-4-6-21(19)25(16)28(26,27)18-9-7-17(22)8-10-18/h3-10H,11-15H2,1-2H3. The first-order chi connectivity index (χ1) is 13.4. The number of nitrogens with zero attached hydrogens (tertiary/aromatic N) is 3. The molecule has 28 heavy (non-hydrogen) atoms. The van der Waals surface area contributed by atoms with E-state index in [1.54, 1.807) is 0 Å². The molecule has 0 spiro atoms. The number of hydrogen-bond donors (Lipinski definition) is 0. The lowest BCUT2D eigenvalue weighted by Gasteiger charge is -2.32. The minimum Gasteiger partial charge on any atom is -0.304 e. The van der Waals surface area contributed by atoms with Crippen LogP contribution in [0.3, 0.4) is 0 Å². The molecule has 2 heterocycles. The maximum atomic E-state index is 13.3. The van der Waals surface area contributed by atoms with Gasteiger partial charge in [0.15, 0.2) is 0 Å². The molecule has 0 radical (unpaired) electrons. The minimum atomic E-state index is -3.82. The fourth-order valence-corrected chi connectivity index (χ4v) is 5.43. The van der Waals surface area contributed by atoms with Crippen molar-refractivity contribution in [1.29, 1.82) is 0 Å². The van der Waals surface area contributed by atoms with Crippen LogP contribution in [0.2, 0.25) is 0 Å². The Labute approximate surface area is 165 Å². The number of rotatable bonds is 4. The molecule has 0 saturated carbocycles. The Hall–Kier alpha value is -2.22. The molecule has 0 N–H and O–H groups in total.